The molecule has 3 nitrogen and oxygen atoms in total. The molecule has 4 aromatic rings. The van der Waals surface area contributed by atoms with Crippen molar-refractivity contribution in [1.82, 2.24) is 14.5 Å². The maximum absolute atomic E-state index is 5.94. The minimum Gasteiger partial charge on any atom is -0.289 e. The normalized spacial score (nSPS) is 11.1. The van der Waals surface area contributed by atoms with Crippen molar-refractivity contribution in [3.8, 4) is 5.82 Å². The van der Waals surface area contributed by atoms with Crippen LogP contribution in [0.15, 0.2) is 71.9 Å². The molecule has 4 rings (SSSR count). The zero-order chi connectivity index (χ0) is 16.5. The Kier molecular flexibility index (Phi) is 4.00. The molecule has 0 bridgehead atoms. The standard InChI is InChI=1S/C19H14ClN3S/c20-19-21-10-9-17(22-19)23-16-8-4-7-14(15(16)12-18(23)24)11-13-5-2-1-3-6-13/h1-10,12,24H,11H2. The van der Waals surface area contributed by atoms with Gasteiger partial charge in [0, 0.05) is 11.6 Å². The number of hydrogen-bond donors (Lipinski definition) is 1. The Balaban J connectivity index is 1.86. The fourth-order valence-electron chi connectivity index (χ4n) is 2.94. The number of nitrogens with zero attached hydrogens (tertiary/aromatic N) is 3. The van der Waals surface area contributed by atoms with Gasteiger partial charge in [-0.25, -0.2) is 4.98 Å². The summed E-state index contributed by atoms with van der Waals surface area (Å²) in [5.74, 6) is 0.715. The second kappa shape index (κ2) is 6.30. The van der Waals surface area contributed by atoms with Crippen LogP contribution in [0.4, 0.5) is 0 Å². The minimum atomic E-state index is 0.225. The molecular weight excluding hydrogens is 338 g/mol. The van der Waals surface area contributed by atoms with Crippen molar-refractivity contribution in [3.63, 3.8) is 0 Å². The lowest BCUT2D eigenvalue weighted by atomic mass is 10.0. The fourth-order valence-corrected chi connectivity index (χ4v) is 3.42. The van der Waals surface area contributed by atoms with Crippen molar-refractivity contribution in [1.29, 1.82) is 0 Å². The van der Waals surface area contributed by atoms with Crippen LogP contribution in [0, 0.1) is 0 Å². The summed E-state index contributed by atoms with van der Waals surface area (Å²) in [5.41, 5.74) is 3.60. The van der Waals surface area contributed by atoms with Crippen LogP contribution in [-0.2, 0) is 6.42 Å². The molecule has 0 spiro atoms. The number of hydrogen-bond acceptors (Lipinski definition) is 3. The fraction of sp³-hybridized carbons (Fsp3) is 0.0526. The highest BCUT2D eigenvalue weighted by Gasteiger charge is 2.12. The number of aromatic nitrogens is 3. The SMILES string of the molecule is Sc1cc2c(Cc3ccccc3)cccc2n1-c1ccnc(Cl)n1. The second-order valence-corrected chi connectivity index (χ2v) is 6.33. The molecule has 0 saturated heterocycles. The first-order chi connectivity index (χ1) is 11.7. The van der Waals surface area contributed by atoms with Gasteiger partial charge in [0.2, 0.25) is 5.28 Å². The van der Waals surface area contributed by atoms with Crippen LogP contribution in [0.1, 0.15) is 11.1 Å². The second-order valence-electron chi connectivity index (χ2n) is 5.53. The molecule has 0 aliphatic heterocycles. The number of thiol groups is 1. The predicted molar refractivity (Wildman–Crippen MR) is 100 cm³/mol. The quantitative estimate of drug-likeness (QED) is 0.418. The Morgan fingerprint density at radius 1 is 1.00 bits per heavy atom. The summed E-state index contributed by atoms with van der Waals surface area (Å²) in [5, 5.41) is 2.21. The third-order valence-electron chi connectivity index (χ3n) is 3.99. The molecule has 5 heteroatoms. The van der Waals surface area contributed by atoms with Crippen molar-refractivity contribution in [3.05, 3.63) is 83.3 Å². The molecular formula is C19H14ClN3S. The Morgan fingerprint density at radius 2 is 1.83 bits per heavy atom. The highest BCUT2D eigenvalue weighted by molar-refractivity contribution is 7.80. The molecule has 24 heavy (non-hydrogen) atoms. The van der Waals surface area contributed by atoms with Gasteiger partial charge in [-0.2, -0.15) is 4.98 Å². The summed E-state index contributed by atoms with van der Waals surface area (Å²) in [6.07, 6.45) is 2.53. The van der Waals surface area contributed by atoms with E-state index in [4.69, 9.17) is 11.6 Å². The average molecular weight is 352 g/mol. The molecule has 2 aromatic carbocycles. The van der Waals surface area contributed by atoms with Crippen molar-refractivity contribution in [2.45, 2.75) is 11.4 Å². The minimum absolute atomic E-state index is 0.225. The molecule has 0 unspecified atom stereocenters. The monoisotopic (exact) mass is 351 g/mol. The van der Waals surface area contributed by atoms with Gasteiger partial charge in [-0.05, 0) is 47.3 Å². The van der Waals surface area contributed by atoms with Gasteiger partial charge in [0.1, 0.15) is 5.82 Å². The van der Waals surface area contributed by atoms with E-state index < -0.39 is 0 Å². The third kappa shape index (κ3) is 2.79. The summed E-state index contributed by atoms with van der Waals surface area (Å²) in [7, 11) is 0. The lowest BCUT2D eigenvalue weighted by Gasteiger charge is -2.08. The molecule has 0 aliphatic carbocycles. The number of halogens is 1. The molecule has 2 aromatic heterocycles. The summed E-state index contributed by atoms with van der Waals surface area (Å²) in [6.45, 7) is 0. The lowest BCUT2D eigenvalue weighted by Crippen LogP contribution is -1.99. The van der Waals surface area contributed by atoms with Gasteiger partial charge < -0.3 is 0 Å². The van der Waals surface area contributed by atoms with Gasteiger partial charge in [-0.3, -0.25) is 4.57 Å². The van der Waals surface area contributed by atoms with Crippen molar-refractivity contribution < 1.29 is 0 Å². The van der Waals surface area contributed by atoms with Crippen LogP contribution in [0.2, 0.25) is 5.28 Å². The molecule has 0 radical (unpaired) electrons. The van der Waals surface area contributed by atoms with Crippen LogP contribution in [0.3, 0.4) is 0 Å². The first kappa shape index (κ1) is 15.2. The van der Waals surface area contributed by atoms with E-state index in [2.05, 4.69) is 71.1 Å². The van der Waals surface area contributed by atoms with E-state index in [1.807, 2.05) is 16.7 Å². The first-order valence-electron chi connectivity index (χ1n) is 7.57. The molecule has 0 atom stereocenters. The summed E-state index contributed by atoms with van der Waals surface area (Å²) in [6, 6.07) is 20.6. The smallest absolute Gasteiger partial charge is 0.224 e. The topological polar surface area (TPSA) is 30.7 Å². The maximum Gasteiger partial charge on any atom is 0.224 e. The van der Waals surface area contributed by atoms with E-state index >= 15 is 0 Å². The Labute approximate surface area is 150 Å². The number of benzene rings is 2. The highest BCUT2D eigenvalue weighted by atomic mass is 35.5. The van der Waals surface area contributed by atoms with Crippen LogP contribution < -0.4 is 0 Å². The van der Waals surface area contributed by atoms with Crippen LogP contribution in [0.5, 0.6) is 0 Å². The van der Waals surface area contributed by atoms with E-state index in [0.29, 0.717) is 5.82 Å². The Bertz CT molecular complexity index is 1010. The Hall–Kier alpha value is -2.30. The van der Waals surface area contributed by atoms with Crippen LogP contribution in [0.25, 0.3) is 16.7 Å². The van der Waals surface area contributed by atoms with Gasteiger partial charge >= 0.3 is 0 Å². The molecule has 0 saturated carbocycles. The zero-order valence-electron chi connectivity index (χ0n) is 12.7. The van der Waals surface area contributed by atoms with E-state index in [1.54, 1.807) is 6.20 Å². The maximum atomic E-state index is 5.94. The molecule has 118 valence electrons. The first-order valence-corrected chi connectivity index (χ1v) is 8.40. The Morgan fingerprint density at radius 3 is 2.62 bits per heavy atom. The van der Waals surface area contributed by atoms with Crippen molar-refractivity contribution in [2.75, 3.05) is 0 Å². The predicted octanol–water partition coefficient (Wildman–Crippen LogP) is 4.95. The van der Waals surface area contributed by atoms with Gasteiger partial charge in [-0.15, -0.1) is 12.6 Å². The molecule has 0 fully saturated rings. The molecule has 0 amide bonds. The van der Waals surface area contributed by atoms with Gasteiger partial charge in [-0.1, -0.05) is 42.5 Å². The van der Waals surface area contributed by atoms with E-state index in [1.165, 1.54) is 16.5 Å². The van der Waals surface area contributed by atoms with Crippen LogP contribution >= 0.6 is 24.2 Å². The third-order valence-corrected chi connectivity index (χ3v) is 4.51. The summed E-state index contributed by atoms with van der Waals surface area (Å²) in [4.78, 5) is 8.26. The van der Waals surface area contributed by atoms with Crippen molar-refractivity contribution >= 4 is 35.1 Å². The van der Waals surface area contributed by atoms with E-state index in [0.717, 1.165) is 17.0 Å². The zero-order valence-corrected chi connectivity index (χ0v) is 14.4. The number of fused-ring (bicyclic) bond motifs is 1. The summed E-state index contributed by atoms with van der Waals surface area (Å²) >= 11 is 10.6. The lowest BCUT2D eigenvalue weighted by molar-refractivity contribution is 0.931. The van der Waals surface area contributed by atoms with Crippen molar-refractivity contribution in [2.24, 2.45) is 0 Å². The average Bonchev–Trinajstić information content (AvgIpc) is 2.93. The van der Waals surface area contributed by atoms with E-state index in [-0.39, 0.29) is 5.28 Å². The van der Waals surface area contributed by atoms with Gasteiger partial charge in [0.15, 0.2) is 0 Å². The molecule has 0 aliphatic rings. The molecule has 0 N–H and O–H groups in total. The van der Waals surface area contributed by atoms with E-state index in [9.17, 15) is 0 Å². The summed E-state index contributed by atoms with van der Waals surface area (Å²) < 4.78 is 1.99. The highest BCUT2D eigenvalue weighted by Crippen LogP contribution is 2.29. The van der Waals surface area contributed by atoms with Gasteiger partial charge in [0.05, 0.1) is 10.5 Å². The van der Waals surface area contributed by atoms with Gasteiger partial charge in [0.25, 0.3) is 0 Å². The molecule has 2 heterocycles. The number of rotatable bonds is 3. The van der Waals surface area contributed by atoms with Crippen LogP contribution in [-0.4, -0.2) is 14.5 Å². The largest absolute Gasteiger partial charge is 0.289 e.